The van der Waals surface area contributed by atoms with Crippen LogP contribution in [0.3, 0.4) is 0 Å². The van der Waals surface area contributed by atoms with Crippen molar-refractivity contribution in [2.75, 3.05) is 5.32 Å². The maximum atomic E-state index is 10.7. The minimum absolute atomic E-state index is 0.00905. The Balaban J connectivity index is 2.09. The van der Waals surface area contributed by atoms with Crippen molar-refractivity contribution < 1.29 is 4.92 Å². The van der Waals surface area contributed by atoms with Crippen LogP contribution < -0.4 is 5.32 Å². The second-order valence-corrected chi connectivity index (χ2v) is 5.10. The van der Waals surface area contributed by atoms with Crippen LogP contribution in [0.5, 0.6) is 0 Å². The van der Waals surface area contributed by atoms with Gasteiger partial charge in [0.15, 0.2) is 0 Å². The molecule has 1 aromatic heterocycles. The molecule has 0 unspecified atom stereocenters. The fourth-order valence-electron chi connectivity index (χ4n) is 1.71. The third kappa shape index (κ3) is 3.27. The molecule has 0 aliphatic heterocycles. The zero-order chi connectivity index (χ0) is 14.7. The molecule has 0 atom stereocenters. The topological polar surface area (TPSA) is 73.0 Å². The summed E-state index contributed by atoms with van der Waals surface area (Å²) in [7, 11) is 0. The molecular formula is C13H15ClN4O2. The molecule has 0 amide bonds. The molecule has 0 aliphatic carbocycles. The standard InChI is InChI=1S/C13H15ClN4O2/c1-9(2)17-8-10(7-16-17)6-15-13-5-11(18(19)20)3-4-12(13)14/h3-5,7-9,15H,6H2,1-2H3. The SMILES string of the molecule is CC(C)n1cc(CNc2cc([N+](=O)[O-])ccc2Cl)cn1. The smallest absolute Gasteiger partial charge is 0.271 e. The molecule has 6 nitrogen and oxygen atoms in total. The van der Waals surface area contributed by atoms with Gasteiger partial charge in [-0.3, -0.25) is 14.8 Å². The third-order valence-electron chi connectivity index (χ3n) is 2.83. The summed E-state index contributed by atoms with van der Waals surface area (Å²) in [5, 5.41) is 18.5. The van der Waals surface area contributed by atoms with Crippen LogP contribution in [-0.4, -0.2) is 14.7 Å². The molecule has 0 aliphatic rings. The van der Waals surface area contributed by atoms with Crippen molar-refractivity contribution in [3.05, 3.63) is 51.3 Å². The van der Waals surface area contributed by atoms with Gasteiger partial charge in [-0.2, -0.15) is 5.10 Å². The molecule has 0 saturated heterocycles. The summed E-state index contributed by atoms with van der Waals surface area (Å²) >= 11 is 6.02. The van der Waals surface area contributed by atoms with Gasteiger partial charge in [-0.1, -0.05) is 11.6 Å². The predicted molar refractivity (Wildman–Crippen MR) is 78.0 cm³/mol. The quantitative estimate of drug-likeness (QED) is 0.675. The van der Waals surface area contributed by atoms with Crippen molar-refractivity contribution in [3.8, 4) is 0 Å². The zero-order valence-corrected chi connectivity index (χ0v) is 12.0. The Labute approximate surface area is 121 Å². The summed E-state index contributed by atoms with van der Waals surface area (Å²) in [5.74, 6) is 0. The molecule has 1 aromatic carbocycles. The van der Waals surface area contributed by atoms with E-state index in [9.17, 15) is 10.1 Å². The molecule has 7 heteroatoms. The Hall–Kier alpha value is -2.08. The molecule has 20 heavy (non-hydrogen) atoms. The van der Waals surface area contributed by atoms with Crippen molar-refractivity contribution in [2.24, 2.45) is 0 Å². The lowest BCUT2D eigenvalue weighted by molar-refractivity contribution is -0.384. The first-order valence-electron chi connectivity index (χ1n) is 6.18. The summed E-state index contributed by atoms with van der Waals surface area (Å²) in [6.07, 6.45) is 3.70. The average molecular weight is 295 g/mol. The van der Waals surface area contributed by atoms with E-state index in [1.807, 2.05) is 24.7 Å². The highest BCUT2D eigenvalue weighted by atomic mass is 35.5. The van der Waals surface area contributed by atoms with E-state index in [2.05, 4.69) is 10.4 Å². The van der Waals surface area contributed by atoms with Crippen LogP contribution in [0, 0.1) is 10.1 Å². The van der Waals surface area contributed by atoms with E-state index in [0.29, 0.717) is 23.3 Å². The fraction of sp³-hybridized carbons (Fsp3) is 0.308. The Bertz CT molecular complexity index is 625. The summed E-state index contributed by atoms with van der Waals surface area (Å²) in [6.45, 7) is 4.59. The van der Waals surface area contributed by atoms with Crippen LogP contribution >= 0.6 is 11.6 Å². The van der Waals surface area contributed by atoms with Crippen molar-refractivity contribution in [1.82, 2.24) is 9.78 Å². The number of halogens is 1. The summed E-state index contributed by atoms with van der Waals surface area (Å²) in [5.41, 5.74) is 1.54. The zero-order valence-electron chi connectivity index (χ0n) is 11.2. The molecule has 106 valence electrons. The van der Waals surface area contributed by atoms with E-state index in [1.165, 1.54) is 18.2 Å². The lowest BCUT2D eigenvalue weighted by Crippen LogP contribution is -2.02. The number of benzene rings is 1. The lowest BCUT2D eigenvalue weighted by atomic mass is 10.2. The number of nitro groups is 1. The predicted octanol–water partition coefficient (Wildman–Crippen LogP) is 3.64. The molecule has 2 rings (SSSR count). The van der Waals surface area contributed by atoms with Crippen LogP contribution in [0.4, 0.5) is 11.4 Å². The van der Waals surface area contributed by atoms with E-state index in [4.69, 9.17) is 11.6 Å². The number of rotatable bonds is 5. The highest BCUT2D eigenvalue weighted by Crippen LogP contribution is 2.27. The minimum Gasteiger partial charge on any atom is -0.379 e. The number of anilines is 1. The largest absolute Gasteiger partial charge is 0.379 e. The van der Waals surface area contributed by atoms with Crippen LogP contribution in [0.15, 0.2) is 30.6 Å². The van der Waals surface area contributed by atoms with Gasteiger partial charge in [0.1, 0.15) is 0 Å². The first-order valence-corrected chi connectivity index (χ1v) is 6.56. The van der Waals surface area contributed by atoms with Gasteiger partial charge in [0, 0.05) is 36.5 Å². The second kappa shape index (κ2) is 5.92. The van der Waals surface area contributed by atoms with Crippen LogP contribution in [0.25, 0.3) is 0 Å². The highest BCUT2D eigenvalue weighted by molar-refractivity contribution is 6.33. The number of aromatic nitrogens is 2. The van der Waals surface area contributed by atoms with E-state index >= 15 is 0 Å². The monoisotopic (exact) mass is 294 g/mol. The van der Waals surface area contributed by atoms with Crippen molar-refractivity contribution >= 4 is 23.0 Å². The van der Waals surface area contributed by atoms with Gasteiger partial charge in [0.2, 0.25) is 0 Å². The fourth-order valence-corrected chi connectivity index (χ4v) is 1.90. The number of non-ortho nitro benzene ring substituents is 1. The Morgan fingerprint density at radius 1 is 1.50 bits per heavy atom. The van der Waals surface area contributed by atoms with Gasteiger partial charge in [-0.25, -0.2) is 0 Å². The first kappa shape index (κ1) is 14.3. The Morgan fingerprint density at radius 3 is 2.85 bits per heavy atom. The van der Waals surface area contributed by atoms with E-state index in [1.54, 1.807) is 6.20 Å². The molecule has 0 spiro atoms. The molecule has 0 bridgehead atoms. The maximum Gasteiger partial charge on any atom is 0.271 e. The molecule has 0 radical (unpaired) electrons. The van der Waals surface area contributed by atoms with Gasteiger partial charge in [-0.15, -0.1) is 0 Å². The van der Waals surface area contributed by atoms with Gasteiger partial charge < -0.3 is 5.32 Å². The number of nitrogens with one attached hydrogen (secondary N) is 1. The summed E-state index contributed by atoms with van der Waals surface area (Å²) in [4.78, 5) is 10.3. The van der Waals surface area contributed by atoms with Gasteiger partial charge in [-0.05, 0) is 19.9 Å². The Morgan fingerprint density at radius 2 is 2.25 bits per heavy atom. The number of hydrogen-bond donors (Lipinski definition) is 1. The van der Waals surface area contributed by atoms with Crippen molar-refractivity contribution in [1.29, 1.82) is 0 Å². The van der Waals surface area contributed by atoms with Crippen LogP contribution in [-0.2, 0) is 6.54 Å². The molecular weight excluding hydrogens is 280 g/mol. The van der Waals surface area contributed by atoms with Crippen LogP contribution in [0.1, 0.15) is 25.5 Å². The first-order chi connectivity index (χ1) is 9.47. The van der Waals surface area contributed by atoms with Crippen molar-refractivity contribution in [3.63, 3.8) is 0 Å². The van der Waals surface area contributed by atoms with E-state index in [0.717, 1.165) is 5.56 Å². The Kier molecular flexibility index (Phi) is 4.24. The van der Waals surface area contributed by atoms with Crippen molar-refractivity contribution in [2.45, 2.75) is 26.4 Å². The highest BCUT2D eigenvalue weighted by Gasteiger charge is 2.10. The molecule has 0 fully saturated rings. The molecule has 1 heterocycles. The number of hydrogen-bond acceptors (Lipinski definition) is 4. The third-order valence-corrected chi connectivity index (χ3v) is 3.16. The molecule has 2 aromatic rings. The average Bonchev–Trinajstić information content (AvgIpc) is 2.86. The maximum absolute atomic E-state index is 10.7. The normalized spacial score (nSPS) is 10.8. The molecule has 1 N–H and O–H groups in total. The molecule has 0 saturated carbocycles. The number of nitro benzene ring substituents is 1. The minimum atomic E-state index is -0.446. The number of nitrogens with zero attached hydrogens (tertiary/aromatic N) is 3. The summed E-state index contributed by atoms with van der Waals surface area (Å²) in [6, 6.07) is 4.61. The summed E-state index contributed by atoms with van der Waals surface area (Å²) < 4.78 is 1.85. The van der Waals surface area contributed by atoms with Gasteiger partial charge in [0.25, 0.3) is 5.69 Å². The van der Waals surface area contributed by atoms with Crippen LogP contribution in [0.2, 0.25) is 5.02 Å². The lowest BCUT2D eigenvalue weighted by Gasteiger charge is -2.07. The second-order valence-electron chi connectivity index (χ2n) is 4.70. The van der Waals surface area contributed by atoms with Gasteiger partial charge >= 0.3 is 0 Å². The van der Waals surface area contributed by atoms with E-state index < -0.39 is 4.92 Å². The van der Waals surface area contributed by atoms with Gasteiger partial charge in [0.05, 0.1) is 21.8 Å². The van der Waals surface area contributed by atoms with E-state index in [-0.39, 0.29) is 5.69 Å².